The molecule has 0 spiro atoms. The zero-order valence-electron chi connectivity index (χ0n) is 8.49. The Balaban J connectivity index is 2.15. The third-order valence-electron chi connectivity index (χ3n) is 3.13. The van der Waals surface area contributed by atoms with E-state index in [0.717, 1.165) is 31.4 Å². The molecule has 0 bridgehead atoms. The minimum atomic E-state index is -0.00243. The first kappa shape index (κ1) is 9.52. The second-order valence-corrected chi connectivity index (χ2v) is 4.22. The van der Waals surface area contributed by atoms with E-state index >= 15 is 0 Å². The van der Waals surface area contributed by atoms with E-state index < -0.39 is 0 Å². The number of rotatable bonds is 1. The highest BCUT2D eigenvalue weighted by atomic mass is 16.1. The van der Waals surface area contributed by atoms with E-state index in [4.69, 9.17) is 5.73 Å². The maximum atomic E-state index is 11.1. The quantitative estimate of drug-likeness (QED) is 0.692. The lowest BCUT2D eigenvalue weighted by atomic mass is 9.84. The maximum Gasteiger partial charge on any atom is 0.264 e. The molecule has 1 aromatic heterocycles. The summed E-state index contributed by atoms with van der Waals surface area (Å²) in [6.45, 7) is 0. The van der Waals surface area contributed by atoms with E-state index in [0.29, 0.717) is 12.0 Å². The Morgan fingerprint density at radius 1 is 1.43 bits per heavy atom. The number of hydrogen-bond acceptors (Lipinski definition) is 2. The summed E-state index contributed by atoms with van der Waals surface area (Å²) in [5, 5.41) is 2.75. The molecule has 1 aliphatic rings. The number of aryl methyl sites for hydroxylation is 1. The highest BCUT2D eigenvalue weighted by Gasteiger charge is 2.22. The fraction of sp³-hybridized carbons (Fsp3) is 0.700. The fourth-order valence-electron chi connectivity index (χ4n) is 2.30. The van der Waals surface area contributed by atoms with Crippen LogP contribution in [0.3, 0.4) is 0 Å². The predicted octanol–water partition coefficient (Wildman–Crippen LogP) is 0.698. The van der Waals surface area contributed by atoms with Crippen LogP contribution in [0.4, 0.5) is 0 Å². The van der Waals surface area contributed by atoms with Gasteiger partial charge in [0.2, 0.25) is 0 Å². The molecule has 14 heavy (non-hydrogen) atoms. The van der Waals surface area contributed by atoms with Crippen molar-refractivity contribution in [3.8, 4) is 0 Å². The van der Waals surface area contributed by atoms with Gasteiger partial charge in [0.25, 0.3) is 5.56 Å². The zero-order valence-corrected chi connectivity index (χ0v) is 8.49. The molecule has 0 aliphatic heterocycles. The van der Waals surface area contributed by atoms with Crippen molar-refractivity contribution in [3.63, 3.8) is 0 Å². The molecular weight excluding hydrogens is 178 g/mol. The van der Waals surface area contributed by atoms with E-state index in [-0.39, 0.29) is 5.56 Å². The summed E-state index contributed by atoms with van der Waals surface area (Å²) < 4.78 is 1.84. The molecule has 3 N–H and O–H groups in total. The van der Waals surface area contributed by atoms with Gasteiger partial charge in [-0.1, -0.05) is 0 Å². The second kappa shape index (κ2) is 3.61. The smallest absolute Gasteiger partial charge is 0.264 e. The van der Waals surface area contributed by atoms with Crippen LogP contribution < -0.4 is 11.3 Å². The van der Waals surface area contributed by atoms with Crippen LogP contribution in [-0.4, -0.2) is 15.8 Å². The highest BCUT2D eigenvalue weighted by molar-refractivity contribution is 5.09. The molecular formula is C10H17N3O. The van der Waals surface area contributed by atoms with Crippen LogP contribution in [-0.2, 0) is 7.05 Å². The summed E-state index contributed by atoms with van der Waals surface area (Å²) >= 11 is 0. The van der Waals surface area contributed by atoms with Gasteiger partial charge < -0.3 is 5.73 Å². The molecule has 1 aliphatic carbocycles. The third kappa shape index (κ3) is 1.75. The summed E-state index contributed by atoms with van der Waals surface area (Å²) in [5.41, 5.74) is 6.97. The Bertz CT molecular complexity index is 358. The van der Waals surface area contributed by atoms with E-state index in [1.807, 2.05) is 11.7 Å². The van der Waals surface area contributed by atoms with Crippen LogP contribution in [0.2, 0.25) is 0 Å². The summed E-state index contributed by atoms with van der Waals surface area (Å²) in [7, 11) is 1.89. The average Bonchev–Trinajstić information content (AvgIpc) is 2.47. The van der Waals surface area contributed by atoms with Crippen molar-refractivity contribution in [1.82, 2.24) is 9.78 Å². The van der Waals surface area contributed by atoms with Crippen molar-refractivity contribution in [2.75, 3.05) is 0 Å². The molecule has 0 unspecified atom stereocenters. The number of nitrogens with two attached hydrogens (primary N) is 1. The molecule has 0 saturated heterocycles. The van der Waals surface area contributed by atoms with Gasteiger partial charge in [-0.2, -0.15) is 0 Å². The molecule has 0 aromatic carbocycles. The van der Waals surface area contributed by atoms with Gasteiger partial charge in [0.05, 0.1) is 0 Å². The van der Waals surface area contributed by atoms with Crippen LogP contribution in [0.5, 0.6) is 0 Å². The minimum Gasteiger partial charge on any atom is -0.328 e. The normalized spacial score (nSPS) is 27.9. The summed E-state index contributed by atoms with van der Waals surface area (Å²) in [6.07, 6.45) is 4.35. The standard InChI is InChI=1S/C10H17N3O/c1-13-9(6-10(14)12-13)7-2-4-8(11)5-3-7/h6-8H,2-5,11H2,1H3,(H,12,14). The predicted molar refractivity (Wildman–Crippen MR) is 55.2 cm³/mol. The third-order valence-corrected chi connectivity index (χ3v) is 3.13. The molecule has 1 saturated carbocycles. The Kier molecular flexibility index (Phi) is 2.46. The Morgan fingerprint density at radius 2 is 2.07 bits per heavy atom. The first-order chi connectivity index (χ1) is 6.66. The molecule has 0 radical (unpaired) electrons. The second-order valence-electron chi connectivity index (χ2n) is 4.22. The molecule has 4 heteroatoms. The SMILES string of the molecule is Cn1[nH]c(=O)cc1C1CCC(N)CC1. The molecule has 1 aromatic rings. The van der Waals surface area contributed by atoms with E-state index in [1.165, 1.54) is 0 Å². The van der Waals surface area contributed by atoms with Gasteiger partial charge in [0.1, 0.15) is 0 Å². The Morgan fingerprint density at radius 3 is 2.57 bits per heavy atom. The van der Waals surface area contributed by atoms with Gasteiger partial charge in [-0.05, 0) is 25.7 Å². The van der Waals surface area contributed by atoms with Crippen LogP contribution in [0.15, 0.2) is 10.9 Å². The largest absolute Gasteiger partial charge is 0.328 e. The van der Waals surface area contributed by atoms with Gasteiger partial charge in [0.15, 0.2) is 0 Å². The molecule has 1 heterocycles. The molecule has 78 valence electrons. The Labute approximate surface area is 83.1 Å². The lowest BCUT2D eigenvalue weighted by Gasteiger charge is -2.25. The molecule has 4 nitrogen and oxygen atoms in total. The van der Waals surface area contributed by atoms with Gasteiger partial charge in [-0.25, -0.2) is 0 Å². The van der Waals surface area contributed by atoms with Crippen LogP contribution in [0.25, 0.3) is 0 Å². The Hall–Kier alpha value is -1.03. The number of aromatic amines is 1. The van der Waals surface area contributed by atoms with Crippen molar-refractivity contribution in [1.29, 1.82) is 0 Å². The van der Waals surface area contributed by atoms with Gasteiger partial charge in [-0.3, -0.25) is 14.6 Å². The van der Waals surface area contributed by atoms with Crippen molar-refractivity contribution >= 4 is 0 Å². The minimum absolute atomic E-state index is 0.00243. The lowest BCUT2D eigenvalue weighted by Crippen LogP contribution is -2.26. The molecule has 0 amide bonds. The summed E-state index contributed by atoms with van der Waals surface area (Å²) in [5.74, 6) is 0.513. The average molecular weight is 195 g/mol. The van der Waals surface area contributed by atoms with Crippen molar-refractivity contribution in [3.05, 3.63) is 22.1 Å². The zero-order chi connectivity index (χ0) is 10.1. The van der Waals surface area contributed by atoms with E-state index in [9.17, 15) is 4.79 Å². The first-order valence-electron chi connectivity index (χ1n) is 5.18. The maximum absolute atomic E-state index is 11.1. The van der Waals surface area contributed by atoms with E-state index in [1.54, 1.807) is 6.07 Å². The van der Waals surface area contributed by atoms with Crippen LogP contribution >= 0.6 is 0 Å². The van der Waals surface area contributed by atoms with Gasteiger partial charge in [0, 0.05) is 30.8 Å². The van der Waals surface area contributed by atoms with Gasteiger partial charge in [-0.15, -0.1) is 0 Å². The van der Waals surface area contributed by atoms with Crippen LogP contribution in [0, 0.1) is 0 Å². The lowest BCUT2D eigenvalue weighted by molar-refractivity contribution is 0.382. The monoisotopic (exact) mass is 195 g/mol. The number of H-pyrrole nitrogens is 1. The van der Waals surface area contributed by atoms with Crippen molar-refractivity contribution in [2.45, 2.75) is 37.6 Å². The molecule has 0 atom stereocenters. The number of hydrogen-bond donors (Lipinski definition) is 2. The number of nitrogens with zero attached hydrogens (tertiary/aromatic N) is 1. The van der Waals surface area contributed by atoms with E-state index in [2.05, 4.69) is 5.10 Å². The topological polar surface area (TPSA) is 63.8 Å². The number of aromatic nitrogens is 2. The summed E-state index contributed by atoms with van der Waals surface area (Å²) in [6, 6.07) is 2.07. The fourth-order valence-corrected chi connectivity index (χ4v) is 2.30. The van der Waals surface area contributed by atoms with Gasteiger partial charge >= 0.3 is 0 Å². The van der Waals surface area contributed by atoms with Crippen molar-refractivity contribution in [2.24, 2.45) is 12.8 Å². The molecule has 1 fully saturated rings. The summed E-state index contributed by atoms with van der Waals surface area (Å²) in [4.78, 5) is 11.1. The van der Waals surface area contributed by atoms with Crippen molar-refractivity contribution < 1.29 is 0 Å². The molecule has 2 rings (SSSR count). The number of nitrogens with one attached hydrogen (secondary N) is 1. The first-order valence-corrected chi connectivity index (χ1v) is 5.18. The highest BCUT2D eigenvalue weighted by Crippen LogP contribution is 2.30. The van der Waals surface area contributed by atoms with Crippen LogP contribution in [0.1, 0.15) is 37.3 Å².